The average Bonchev–Trinajstić information content (AvgIpc) is 0.949. The largest absolute Gasteiger partial charge is 0.436 e. The van der Waals surface area contributed by atoms with Gasteiger partial charge in [0, 0.05) is 84.0 Å². The van der Waals surface area contributed by atoms with Crippen LogP contribution in [0.3, 0.4) is 0 Å². The fraction of sp³-hybridized carbons (Fsp3) is 0.114. The minimum absolute atomic E-state index is 0. The summed E-state index contributed by atoms with van der Waals surface area (Å²) in [4.78, 5) is 24.0. The fourth-order valence-electron chi connectivity index (χ4n) is 14.4. The van der Waals surface area contributed by atoms with Gasteiger partial charge in [-0.3, -0.25) is 9.97 Å². The molecule has 0 aliphatic carbocycles. The highest BCUT2D eigenvalue weighted by molar-refractivity contribution is 14.1. The molecule has 4 aliphatic heterocycles. The number of oxazole rings is 2. The van der Waals surface area contributed by atoms with Gasteiger partial charge in [0.1, 0.15) is 11.0 Å². The lowest BCUT2D eigenvalue weighted by Crippen LogP contribution is -2.61. The number of fused-ring (bicyclic) bond motifs is 10. The predicted molar refractivity (Wildman–Crippen MR) is 434 cm³/mol. The van der Waals surface area contributed by atoms with Crippen LogP contribution in [0.15, 0.2) is 294 Å². The zero-order chi connectivity index (χ0) is 67.1. The SMILES string of the molecule is C.C.CC(C)(C)c1cc2c3c(c1)N(c1ccccc1)c1ccc(-c4nc5ccccc5o4)cc1B3c1cc(-c3ccccn3)ccc1N2c1ccccc1.CC(C)(C)c1cc2c3c(c1)Nc1ccc(-c4nc5ccccc5o4)cc1B3c1cc(-c3ccccn3)ccc1N2.Ic1ccccc1. The second kappa shape index (κ2) is 26.4. The Morgan fingerprint density at radius 1 is 0.356 bits per heavy atom. The number of nitrogens with one attached hydrogen (secondary N) is 2. The Kier molecular flexibility index (Phi) is 17.2. The lowest BCUT2D eigenvalue weighted by molar-refractivity contribution is 0.590. The van der Waals surface area contributed by atoms with E-state index in [0.29, 0.717) is 11.8 Å². The third kappa shape index (κ3) is 12.1. The van der Waals surface area contributed by atoms with Gasteiger partial charge in [0.15, 0.2) is 11.2 Å². The van der Waals surface area contributed by atoms with Crippen LogP contribution >= 0.6 is 22.6 Å². The number of hydrogen-bond donors (Lipinski definition) is 2. The Labute approximate surface area is 605 Å². The second-order valence-electron chi connectivity index (χ2n) is 27.7. The molecule has 11 aromatic carbocycles. The lowest BCUT2D eigenvalue weighted by atomic mass is 9.33. The molecule has 4 aliphatic rings. The first-order valence-electron chi connectivity index (χ1n) is 33.7. The summed E-state index contributed by atoms with van der Waals surface area (Å²) in [6, 6.07) is 96.0. The maximum atomic E-state index is 6.37. The molecule has 15 aromatic rings. The smallest absolute Gasteiger partial charge is 0.252 e. The molecule has 8 heterocycles. The van der Waals surface area contributed by atoms with E-state index in [1.807, 2.05) is 97.3 Å². The maximum Gasteiger partial charge on any atom is 0.252 e. The summed E-state index contributed by atoms with van der Waals surface area (Å²) >= 11 is 2.28. The van der Waals surface area contributed by atoms with Crippen LogP contribution < -0.4 is 53.2 Å². The minimum atomic E-state index is -0.0913. The van der Waals surface area contributed by atoms with Gasteiger partial charge in [0.2, 0.25) is 11.8 Å². The molecule has 0 unspecified atom stereocenters. The molecule has 13 heteroatoms. The Hall–Kier alpha value is -11.3. The van der Waals surface area contributed by atoms with Crippen molar-refractivity contribution in [3.05, 3.63) is 300 Å². The van der Waals surface area contributed by atoms with Crippen LogP contribution in [0.4, 0.5) is 56.9 Å². The molecule has 4 aromatic heterocycles. The van der Waals surface area contributed by atoms with E-state index in [0.717, 1.165) is 101 Å². The highest BCUT2D eigenvalue weighted by atomic mass is 127. The topological polar surface area (TPSA) is 108 Å². The van der Waals surface area contributed by atoms with E-state index < -0.39 is 0 Å². The fourth-order valence-corrected chi connectivity index (χ4v) is 14.8. The number of halogens is 1. The summed E-state index contributed by atoms with van der Waals surface area (Å²) in [7, 11) is 0. The van der Waals surface area contributed by atoms with Gasteiger partial charge in [0.05, 0.1) is 11.4 Å². The Morgan fingerprint density at radius 3 is 1.19 bits per heavy atom. The van der Waals surface area contributed by atoms with Gasteiger partial charge >= 0.3 is 0 Å². The van der Waals surface area contributed by atoms with Gasteiger partial charge in [-0.1, -0.05) is 184 Å². The number of aromatic nitrogens is 4. The quantitative estimate of drug-likeness (QED) is 0.123. The first kappa shape index (κ1) is 65.6. The van der Waals surface area contributed by atoms with Crippen molar-refractivity contribution in [2.75, 3.05) is 20.4 Å². The van der Waals surface area contributed by atoms with Gasteiger partial charge < -0.3 is 29.3 Å². The van der Waals surface area contributed by atoms with Crippen molar-refractivity contribution >= 4 is 148 Å². The van der Waals surface area contributed by atoms with Gasteiger partial charge in [-0.15, -0.1) is 0 Å². The molecule has 2 N–H and O–H groups in total. The predicted octanol–water partition coefficient (Wildman–Crippen LogP) is 20.0. The number of hydrogen-bond acceptors (Lipinski definition) is 10. The van der Waals surface area contributed by atoms with Crippen LogP contribution in [0, 0.1) is 3.57 Å². The van der Waals surface area contributed by atoms with Crippen molar-refractivity contribution in [2.45, 2.75) is 67.2 Å². The molecule has 0 spiro atoms. The van der Waals surface area contributed by atoms with Crippen molar-refractivity contribution in [2.24, 2.45) is 0 Å². The van der Waals surface area contributed by atoms with Gasteiger partial charge in [-0.05, 0) is 234 Å². The summed E-state index contributed by atoms with van der Waals surface area (Å²) in [6.07, 6.45) is 3.72. The summed E-state index contributed by atoms with van der Waals surface area (Å²) in [6.45, 7) is 13.7. The van der Waals surface area contributed by atoms with E-state index in [-0.39, 0.29) is 39.1 Å². The number of pyridine rings is 2. The summed E-state index contributed by atoms with van der Waals surface area (Å²) in [5.41, 5.74) is 30.7. The number of rotatable bonds is 6. The van der Waals surface area contributed by atoms with Crippen molar-refractivity contribution < 1.29 is 8.83 Å². The number of para-hydroxylation sites is 6. The maximum absolute atomic E-state index is 6.37. The van der Waals surface area contributed by atoms with Crippen LogP contribution in [0.1, 0.15) is 67.5 Å². The monoisotopic (exact) mass is 1420 g/mol. The van der Waals surface area contributed by atoms with E-state index in [1.54, 1.807) is 0 Å². The zero-order valence-electron chi connectivity index (χ0n) is 55.7. The molecule has 492 valence electrons. The molecule has 0 fully saturated rings. The van der Waals surface area contributed by atoms with E-state index in [2.05, 4.69) is 278 Å². The van der Waals surface area contributed by atoms with E-state index in [1.165, 1.54) is 58.8 Å². The van der Waals surface area contributed by atoms with Crippen LogP contribution in [0.5, 0.6) is 0 Å². The standard InChI is InChI=1S/C46H35BN4O.C34H27BN4O.C6H5I.2CH4/c1-46(2,3)32-28-41-44-42(29-32)51(34-16-8-5-9-17-34)40-24-22-31(45-49-38-19-10-11-20-43(38)52-45)27-36(40)47(44)35-26-30(37-18-12-13-25-48-37)21-23-39(35)50(41)33-14-6-4-7-15-33;1-34(2,3)22-18-29-32-30(19-22)38-27-14-12-21(33-39-28-9-4-5-10-31(28)40-33)17-24(27)35(32)23-16-20(11-13-26(23)37-29)25-8-6-7-15-36-25;7-6-4-2-1-3-5-6;;/h4-29H,1-3H3;4-19,37-38H,1-3H3;1-5H;2*1H4. The summed E-state index contributed by atoms with van der Waals surface area (Å²) in [5.74, 6) is 1.25. The normalized spacial score (nSPS) is 12.6. The third-order valence-electron chi connectivity index (χ3n) is 19.3. The number of benzene rings is 11. The first-order chi connectivity index (χ1) is 48.2. The van der Waals surface area contributed by atoms with Crippen molar-refractivity contribution in [1.82, 2.24) is 19.9 Å². The highest BCUT2D eigenvalue weighted by Gasteiger charge is 2.45. The molecule has 0 radical (unpaired) electrons. The van der Waals surface area contributed by atoms with E-state index >= 15 is 0 Å². The van der Waals surface area contributed by atoms with Gasteiger partial charge in [0.25, 0.3) is 13.4 Å². The first-order valence-corrected chi connectivity index (χ1v) is 34.7. The molecule has 0 amide bonds. The molecule has 0 atom stereocenters. The molecule has 10 nitrogen and oxygen atoms in total. The van der Waals surface area contributed by atoms with E-state index in [9.17, 15) is 0 Å². The van der Waals surface area contributed by atoms with Gasteiger partial charge in [-0.25, -0.2) is 9.97 Å². The molecular weight excluding hydrogens is 1350 g/mol. The minimum Gasteiger partial charge on any atom is -0.436 e. The van der Waals surface area contributed by atoms with E-state index in [4.69, 9.17) is 23.8 Å². The van der Waals surface area contributed by atoms with Crippen molar-refractivity contribution in [3.8, 4) is 45.4 Å². The van der Waals surface area contributed by atoms with Crippen molar-refractivity contribution in [3.63, 3.8) is 0 Å². The number of anilines is 10. The molecular formula is C88H75B2IN8O2. The molecule has 19 rings (SSSR count). The van der Waals surface area contributed by atoms with Crippen LogP contribution in [0.25, 0.3) is 67.6 Å². The van der Waals surface area contributed by atoms with Crippen LogP contribution in [-0.4, -0.2) is 33.4 Å². The highest BCUT2D eigenvalue weighted by Crippen LogP contribution is 2.47. The molecule has 0 bridgehead atoms. The number of nitrogens with zero attached hydrogens (tertiary/aromatic N) is 6. The van der Waals surface area contributed by atoms with Crippen LogP contribution in [0.2, 0.25) is 0 Å². The Bertz CT molecular complexity index is 5480. The second-order valence-corrected chi connectivity index (χ2v) is 29.0. The molecule has 0 saturated carbocycles. The summed E-state index contributed by atoms with van der Waals surface area (Å²) < 4.78 is 13.8. The summed E-state index contributed by atoms with van der Waals surface area (Å²) in [5, 5.41) is 7.55. The van der Waals surface area contributed by atoms with Gasteiger partial charge in [-0.2, -0.15) is 0 Å². The molecule has 0 saturated heterocycles. The van der Waals surface area contributed by atoms with Crippen LogP contribution in [-0.2, 0) is 10.8 Å². The average molecular weight is 1430 g/mol. The van der Waals surface area contributed by atoms with Crippen molar-refractivity contribution in [1.29, 1.82) is 0 Å². The Morgan fingerprint density at radius 2 is 0.743 bits per heavy atom. The Balaban J connectivity index is 0.000000150. The third-order valence-corrected chi connectivity index (χ3v) is 20.0. The lowest BCUT2D eigenvalue weighted by Gasteiger charge is -2.45. The zero-order valence-corrected chi connectivity index (χ0v) is 57.8. The molecule has 101 heavy (non-hydrogen) atoms.